The minimum Gasteiger partial charge on any atom is -0.354 e. The van der Waals surface area contributed by atoms with Gasteiger partial charge in [0.25, 0.3) is 5.91 Å². The maximum atomic E-state index is 13.8. The van der Waals surface area contributed by atoms with E-state index in [9.17, 15) is 24.0 Å². The Kier molecular flexibility index (Phi) is 15.4. The highest BCUT2D eigenvalue weighted by Gasteiger charge is 2.41. The number of piperidine rings is 1. The number of terminal acetylenes is 1. The monoisotopic (exact) mass is 644 g/mol. The summed E-state index contributed by atoms with van der Waals surface area (Å²) in [4.78, 5) is 67.7. The Hall–Kier alpha value is -3.27. The van der Waals surface area contributed by atoms with Gasteiger partial charge in [0.2, 0.25) is 23.5 Å². The normalized spacial score (nSPS) is 19.2. The van der Waals surface area contributed by atoms with E-state index in [1.54, 1.807) is 4.90 Å². The molecule has 1 unspecified atom stereocenters. The minimum atomic E-state index is -0.878. The zero-order chi connectivity index (χ0) is 34.5. The number of hydrogen-bond acceptors (Lipinski definition) is 8. The molecule has 2 aliphatic heterocycles. The smallest absolute Gasteiger partial charge is 0.288 e. The van der Waals surface area contributed by atoms with E-state index in [-0.39, 0.29) is 62.2 Å². The van der Waals surface area contributed by atoms with Crippen LogP contribution in [-0.2, 0) is 28.7 Å². The fraction of sp³-hybridized carbons (Fsp3) is 0.735. The average Bonchev–Trinajstić information content (AvgIpc) is 3.48. The third-order valence-corrected chi connectivity index (χ3v) is 8.53. The van der Waals surface area contributed by atoms with Gasteiger partial charge in [0.1, 0.15) is 6.04 Å². The first kappa shape index (κ1) is 38.9. The summed E-state index contributed by atoms with van der Waals surface area (Å²) in [6.45, 7) is 17.9. The van der Waals surface area contributed by atoms with Crippen molar-refractivity contribution >= 4 is 29.4 Å². The van der Waals surface area contributed by atoms with E-state index in [0.29, 0.717) is 32.4 Å². The molecule has 2 heterocycles. The average molecular weight is 645 g/mol. The second-order valence-electron chi connectivity index (χ2n) is 14.3. The number of nitrogens with zero attached hydrogens (tertiary/aromatic N) is 2. The Balaban J connectivity index is 1.96. The molecule has 46 heavy (non-hydrogen) atoms. The molecule has 0 aliphatic carbocycles. The van der Waals surface area contributed by atoms with Crippen LogP contribution in [0.2, 0.25) is 0 Å². The zero-order valence-corrected chi connectivity index (χ0v) is 28.7. The molecule has 0 bridgehead atoms. The largest absolute Gasteiger partial charge is 0.354 e. The van der Waals surface area contributed by atoms with Gasteiger partial charge in [-0.15, -0.1) is 18.9 Å². The van der Waals surface area contributed by atoms with Gasteiger partial charge in [-0.25, -0.2) is 0 Å². The first-order chi connectivity index (χ1) is 21.6. The van der Waals surface area contributed by atoms with Crippen LogP contribution in [0.1, 0.15) is 80.1 Å². The molecule has 4 atom stereocenters. The highest BCUT2D eigenvalue weighted by molar-refractivity contribution is 6.37. The lowest BCUT2D eigenvalue weighted by Crippen LogP contribution is -2.57. The molecule has 258 valence electrons. The number of hydrogen-bond donors (Lipinski definition) is 4. The van der Waals surface area contributed by atoms with Crippen molar-refractivity contribution in [3.05, 3.63) is 12.7 Å². The number of Topliss-reactive ketones (excluding diaryl/α,β-unsaturated/α-hetero) is 1. The standard InChI is InChI=1S/C34H56N6O6/c1-9-14-24(28(42)31(44)35-17-10-2)20-36-30(43)25-15-13-19-40(25)32(45)29(34(6,7)8)38-23-46-22-37-26(33(3,4)5)21-39-18-12-11-16-27(39)41/h1,10,24-26,29,37-38H,2,11-23H2,3-8H3,(H,35,44)(H,36,43)/t24?,25-,26+,29+/m0/s1. The van der Waals surface area contributed by atoms with Crippen molar-refractivity contribution in [3.63, 3.8) is 0 Å². The molecular formula is C34H56N6O6. The van der Waals surface area contributed by atoms with Crippen molar-refractivity contribution in [1.82, 2.24) is 31.1 Å². The molecular weight excluding hydrogens is 588 g/mol. The summed E-state index contributed by atoms with van der Waals surface area (Å²) in [5.41, 5.74) is -0.584. The molecule has 2 aliphatic rings. The molecule has 12 nitrogen and oxygen atoms in total. The predicted molar refractivity (Wildman–Crippen MR) is 177 cm³/mol. The summed E-state index contributed by atoms with van der Waals surface area (Å²) in [5, 5.41) is 11.9. The van der Waals surface area contributed by atoms with Crippen molar-refractivity contribution in [1.29, 1.82) is 0 Å². The number of likely N-dealkylation sites (tertiary alicyclic amines) is 2. The summed E-state index contributed by atoms with van der Waals surface area (Å²) in [6.07, 6.45) is 10.6. The van der Waals surface area contributed by atoms with Gasteiger partial charge in [0.15, 0.2) is 0 Å². The van der Waals surface area contributed by atoms with E-state index < -0.39 is 35.1 Å². The maximum Gasteiger partial charge on any atom is 0.288 e. The molecule has 2 rings (SSSR count). The molecule has 0 aromatic carbocycles. The Morgan fingerprint density at radius 3 is 2.33 bits per heavy atom. The van der Waals surface area contributed by atoms with E-state index in [4.69, 9.17) is 11.2 Å². The second kappa shape index (κ2) is 18.2. The molecule has 0 spiro atoms. The van der Waals surface area contributed by atoms with Crippen molar-refractivity contribution in [2.45, 2.75) is 98.2 Å². The first-order valence-electron chi connectivity index (χ1n) is 16.4. The van der Waals surface area contributed by atoms with Crippen LogP contribution < -0.4 is 21.3 Å². The fourth-order valence-corrected chi connectivity index (χ4v) is 5.68. The van der Waals surface area contributed by atoms with E-state index in [2.05, 4.69) is 54.5 Å². The Morgan fingerprint density at radius 1 is 1.02 bits per heavy atom. The highest BCUT2D eigenvalue weighted by atomic mass is 16.5. The maximum absolute atomic E-state index is 13.8. The van der Waals surface area contributed by atoms with Gasteiger partial charge >= 0.3 is 0 Å². The lowest BCUT2D eigenvalue weighted by Gasteiger charge is -2.38. The van der Waals surface area contributed by atoms with Crippen LogP contribution in [0, 0.1) is 29.1 Å². The molecule has 12 heteroatoms. The van der Waals surface area contributed by atoms with Gasteiger partial charge in [0, 0.05) is 51.6 Å². The van der Waals surface area contributed by atoms with E-state index in [1.807, 2.05) is 25.7 Å². The van der Waals surface area contributed by atoms with Crippen LogP contribution in [0.4, 0.5) is 0 Å². The van der Waals surface area contributed by atoms with Gasteiger partial charge in [-0.3, -0.25) is 34.6 Å². The summed E-state index contributed by atoms with van der Waals surface area (Å²) < 4.78 is 5.88. The van der Waals surface area contributed by atoms with Crippen molar-refractivity contribution < 1.29 is 28.7 Å². The number of ketones is 1. The quantitative estimate of drug-likeness (QED) is 0.0613. The topological polar surface area (TPSA) is 149 Å². The highest BCUT2D eigenvalue weighted by Crippen LogP contribution is 2.26. The molecule has 0 aromatic rings. The molecule has 0 saturated carbocycles. The minimum absolute atomic E-state index is 0.00825. The Labute approximate surface area is 275 Å². The number of amides is 4. The number of rotatable bonds is 17. The summed E-state index contributed by atoms with van der Waals surface area (Å²) >= 11 is 0. The van der Waals surface area contributed by atoms with Crippen LogP contribution in [0.25, 0.3) is 0 Å². The molecule has 4 N–H and O–H groups in total. The van der Waals surface area contributed by atoms with Crippen molar-refractivity contribution in [3.8, 4) is 12.3 Å². The van der Waals surface area contributed by atoms with Gasteiger partial charge in [0.05, 0.1) is 25.4 Å². The predicted octanol–water partition coefficient (Wildman–Crippen LogP) is 1.56. The molecule has 0 radical (unpaired) electrons. The van der Waals surface area contributed by atoms with Crippen LogP contribution in [-0.4, -0.2) is 104 Å². The number of carbonyl (C=O) groups is 5. The summed E-state index contributed by atoms with van der Waals surface area (Å²) in [7, 11) is 0. The van der Waals surface area contributed by atoms with Crippen LogP contribution in [0.15, 0.2) is 12.7 Å². The number of nitrogens with one attached hydrogen (secondary N) is 4. The van der Waals surface area contributed by atoms with E-state index >= 15 is 0 Å². The van der Waals surface area contributed by atoms with Crippen molar-refractivity contribution in [2.24, 2.45) is 16.7 Å². The molecule has 4 amide bonds. The lowest BCUT2D eigenvalue weighted by molar-refractivity contribution is -0.143. The number of carbonyl (C=O) groups excluding carboxylic acids is 5. The third-order valence-electron chi connectivity index (χ3n) is 8.53. The molecule has 2 fully saturated rings. The van der Waals surface area contributed by atoms with E-state index in [0.717, 1.165) is 19.4 Å². The summed E-state index contributed by atoms with van der Waals surface area (Å²) in [6, 6.07) is -1.31. The SMILES string of the molecule is C#CCC(CNC(=O)[C@@H]1CCCN1C(=O)[C@@H](NCOCN[C@H](CN1CCCCC1=O)C(C)(C)C)C(C)(C)C)C(=O)C(=O)NCC=C. The van der Waals surface area contributed by atoms with Crippen molar-refractivity contribution in [2.75, 3.05) is 46.2 Å². The molecule has 2 saturated heterocycles. The lowest BCUT2D eigenvalue weighted by atomic mass is 9.85. The van der Waals surface area contributed by atoms with Crippen LogP contribution in [0.5, 0.6) is 0 Å². The van der Waals surface area contributed by atoms with Gasteiger partial charge < -0.3 is 25.2 Å². The fourth-order valence-electron chi connectivity index (χ4n) is 5.68. The second-order valence-corrected chi connectivity index (χ2v) is 14.3. The Morgan fingerprint density at radius 2 is 1.72 bits per heavy atom. The number of ether oxygens (including phenoxy) is 1. The third kappa shape index (κ3) is 11.8. The summed E-state index contributed by atoms with van der Waals surface area (Å²) in [5.74, 6) is -0.379. The van der Waals surface area contributed by atoms with Crippen LogP contribution >= 0.6 is 0 Å². The van der Waals surface area contributed by atoms with Crippen LogP contribution in [0.3, 0.4) is 0 Å². The Bertz CT molecular complexity index is 1120. The van der Waals surface area contributed by atoms with E-state index in [1.165, 1.54) is 6.08 Å². The van der Waals surface area contributed by atoms with Gasteiger partial charge in [-0.05, 0) is 36.5 Å². The van der Waals surface area contributed by atoms with Gasteiger partial charge in [-0.1, -0.05) is 47.6 Å². The van der Waals surface area contributed by atoms with Gasteiger partial charge in [-0.2, -0.15) is 0 Å². The first-order valence-corrected chi connectivity index (χ1v) is 16.4. The molecule has 0 aromatic heterocycles. The zero-order valence-electron chi connectivity index (χ0n) is 28.7.